The van der Waals surface area contributed by atoms with Gasteiger partial charge in [-0.15, -0.1) is 12.4 Å². The normalized spacial score (nSPS) is 12.3. The van der Waals surface area contributed by atoms with Crippen molar-refractivity contribution in [2.24, 2.45) is 5.73 Å². The molecule has 9 heteroatoms. The molecule has 0 radical (unpaired) electrons. The molecule has 0 atom stereocenters. The molecule has 0 saturated carbocycles. The van der Waals surface area contributed by atoms with Crippen LogP contribution in [0.15, 0.2) is 21.7 Å². The molecule has 23 heavy (non-hydrogen) atoms. The number of hydrogen-bond donors (Lipinski definition) is 2. The molecule has 0 aromatic carbocycles. The largest absolute Gasteiger partial charge is 0.336 e. The summed E-state index contributed by atoms with van der Waals surface area (Å²) in [5.41, 5.74) is 6.62. The molecular formula is C14H23ClN4O3S. The standard InChI is InChI=1S/C14H22N4O3S.ClH/c1-4-12-11-7-10(8-16-13(11)21-18-12)22(19,20)17-9-14(15,5-2)6-3;/h7-8,17H,4-6,9,15H2,1-3H3;1H. The van der Waals surface area contributed by atoms with Gasteiger partial charge in [-0.3, -0.25) is 0 Å². The summed E-state index contributed by atoms with van der Waals surface area (Å²) in [4.78, 5) is 4.11. The minimum atomic E-state index is -3.67. The molecule has 3 N–H and O–H groups in total. The molecule has 0 aliphatic carbocycles. The van der Waals surface area contributed by atoms with E-state index < -0.39 is 15.6 Å². The number of nitrogens with zero attached hydrogens (tertiary/aromatic N) is 2. The molecule has 7 nitrogen and oxygen atoms in total. The fourth-order valence-electron chi connectivity index (χ4n) is 2.08. The number of sulfonamides is 1. The van der Waals surface area contributed by atoms with E-state index >= 15 is 0 Å². The summed E-state index contributed by atoms with van der Waals surface area (Å²) in [6.07, 6.45) is 3.29. The van der Waals surface area contributed by atoms with E-state index in [0.717, 1.165) is 0 Å². The van der Waals surface area contributed by atoms with Crippen LogP contribution in [-0.4, -0.2) is 30.6 Å². The maximum atomic E-state index is 12.4. The minimum absolute atomic E-state index is 0. The summed E-state index contributed by atoms with van der Waals surface area (Å²) < 4.78 is 32.5. The molecule has 0 unspecified atom stereocenters. The number of aryl methyl sites for hydroxylation is 1. The lowest BCUT2D eigenvalue weighted by molar-refractivity contribution is 0.391. The molecule has 0 aliphatic heterocycles. The summed E-state index contributed by atoms with van der Waals surface area (Å²) >= 11 is 0. The Bertz CT molecular complexity index is 756. The van der Waals surface area contributed by atoms with Gasteiger partial charge in [0.2, 0.25) is 10.0 Å². The number of nitrogens with one attached hydrogen (secondary N) is 1. The van der Waals surface area contributed by atoms with Crippen LogP contribution >= 0.6 is 12.4 Å². The third kappa shape index (κ3) is 4.20. The van der Waals surface area contributed by atoms with Gasteiger partial charge in [0.15, 0.2) is 0 Å². The Labute approximate surface area is 142 Å². The molecule has 0 fully saturated rings. The van der Waals surface area contributed by atoms with Crippen LogP contribution in [0.25, 0.3) is 11.1 Å². The molecule has 0 saturated heterocycles. The van der Waals surface area contributed by atoms with Gasteiger partial charge >= 0.3 is 0 Å². The highest BCUT2D eigenvalue weighted by Gasteiger charge is 2.25. The topological polar surface area (TPSA) is 111 Å². The van der Waals surface area contributed by atoms with Gasteiger partial charge in [0, 0.05) is 12.1 Å². The zero-order chi connectivity index (χ0) is 16.4. The number of nitrogens with two attached hydrogens (primary N) is 1. The van der Waals surface area contributed by atoms with Gasteiger partial charge in [0.25, 0.3) is 5.71 Å². The van der Waals surface area contributed by atoms with Crippen molar-refractivity contribution in [2.45, 2.75) is 50.5 Å². The monoisotopic (exact) mass is 362 g/mol. The highest BCUT2D eigenvalue weighted by molar-refractivity contribution is 7.89. The Morgan fingerprint density at radius 2 is 1.96 bits per heavy atom. The number of aromatic nitrogens is 2. The first-order chi connectivity index (χ1) is 10.3. The fraction of sp³-hybridized carbons (Fsp3) is 0.571. The summed E-state index contributed by atoms with van der Waals surface area (Å²) in [7, 11) is -3.67. The van der Waals surface area contributed by atoms with Gasteiger partial charge in [-0.2, -0.15) is 0 Å². The average molecular weight is 363 g/mol. The minimum Gasteiger partial charge on any atom is -0.336 e. The van der Waals surface area contributed by atoms with Crippen LogP contribution in [0.5, 0.6) is 0 Å². The predicted molar refractivity (Wildman–Crippen MR) is 91.1 cm³/mol. The highest BCUT2D eigenvalue weighted by atomic mass is 35.5. The van der Waals surface area contributed by atoms with E-state index in [4.69, 9.17) is 10.3 Å². The number of rotatable bonds is 7. The van der Waals surface area contributed by atoms with E-state index in [2.05, 4.69) is 14.9 Å². The molecule has 0 bridgehead atoms. The second-order valence-electron chi connectivity index (χ2n) is 5.40. The quantitative estimate of drug-likeness (QED) is 0.779. The first-order valence-electron chi connectivity index (χ1n) is 7.38. The molecule has 2 aromatic heterocycles. The molecule has 0 spiro atoms. The van der Waals surface area contributed by atoms with Crippen molar-refractivity contribution in [1.29, 1.82) is 0 Å². The molecule has 130 valence electrons. The number of pyridine rings is 1. The Kier molecular flexibility index (Phi) is 6.52. The van der Waals surface area contributed by atoms with Gasteiger partial charge in [0.1, 0.15) is 4.90 Å². The maximum absolute atomic E-state index is 12.4. The Hall–Kier alpha value is -1.22. The van der Waals surface area contributed by atoms with Crippen LogP contribution in [0, 0.1) is 0 Å². The molecule has 0 amide bonds. The SMILES string of the molecule is CCc1noc2ncc(S(=O)(=O)NCC(N)(CC)CC)cc12.Cl. The van der Waals surface area contributed by atoms with E-state index in [9.17, 15) is 8.42 Å². The molecule has 2 rings (SSSR count). The van der Waals surface area contributed by atoms with E-state index in [-0.39, 0.29) is 23.8 Å². The molecule has 2 heterocycles. The summed E-state index contributed by atoms with van der Waals surface area (Å²) in [6.45, 7) is 5.98. The van der Waals surface area contributed by atoms with Gasteiger partial charge < -0.3 is 10.3 Å². The zero-order valence-electron chi connectivity index (χ0n) is 13.5. The fourth-order valence-corrected chi connectivity index (χ4v) is 3.19. The molecule has 0 aliphatic rings. The summed E-state index contributed by atoms with van der Waals surface area (Å²) in [5, 5.41) is 4.50. The molecular weight excluding hydrogens is 340 g/mol. The number of hydrogen-bond acceptors (Lipinski definition) is 6. The maximum Gasteiger partial charge on any atom is 0.258 e. The second kappa shape index (κ2) is 7.57. The smallest absolute Gasteiger partial charge is 0.258 e. The average Bonchev–Trinajstić information content (AvgIpc) is 2.95. The van der Waals surface area contributed by atoms with Crippen molar-refractivity contribution in [2.75, 3.05) is 6.54 Å². The third-order valence-electron chi connectivity index (χ3n) is 4.05. The molecule has 2 aromatic rings. The van der Waals surface area contributed by atoms with Crippen LogP contribution in [0.3, 0.4) is 0 Å². The number of fused-ring (bicyclic) bond motifs is 1. The van der Waals surface area contributed by atoms with Crippen molar-refractivity contribution in [3.63, 3.8) is 0 Å². The van der Waals surface area contributed by atoms with Gasteiger partial charge in [-0.25, -0.2) is 18.1 Å². The van der Waals surface area contributed by atoms with E-state index in [0.29, 0.717) is 36.1 Å². The lowest BCUT2D eigenvalue weighted by Crippen LogP contribution is -2.49. The Morgan fingerprint density at radius 3 is 2.52 bits per heavy atom. The van der Waals surface area contributed by atoms with Gasteiger partial charge in [-0.05, 0) is 25.3 Å². The van der Waals surface area contributed by atoms with Crippen LogP contribution in [0.1, 0.15) is 39.3 Å². The van der Waals surface area contributed by atoms with Gasteiger partial charge in [0.05, 0.1) is 17.3 Å². The zero-order valence-corrected chi connectivity index (χ0v) is 15.1. The van der Waals surface area contributed by atoms with Crippen LogP contribution in [0.2, 0.25) is 0 Å². The van der Waals surface area contributed by atoms with Crippen molar-refractivity contribution >= 4 is 33.5 Å². The van der Waals surface area contributed by atoms with Crippen molar-refractivity contribution in [3.8, 4) is 0 Å². The van der Waals surface area contributed by atoms with E-state index in [1.165, 1.54) is 12.3 Å². The lowest BCUT2D eigenvalue weighted by atomic mass is 9.95. The van der Waals surface area contributed by atoms with Crippen molar-refractivity contribution in [1.82, 2.24) is 14.9 Å². The first kappa shape index (κ1) is 19.8. The van der Waals surface area contributed by atoms with Gasteiger partial charge in [-0.1, -0.05) is 25.9 Å². The Morgan fingerprint density at radius 1 is 1.30 bits per heavy atom. The van der Waals surface area contributed by atoms with Crippen molar-refractivity contribution < 1.29 is 12.9 Å². The van der Waals surface area contributed by atoms with E-state index in [1.807, 2.05) is 20.8 Å². The summed E-state index contributed by atoms with van der Waals surface area (Å²) in [6, 6.07) is 1.54. The summed E-state index contributed by atoms with van der Waals surface area (Å²) in [5.74, 6) is 0. The first-order valence-corrected chi connectivity index (χ1v) is 8.86. The lowest BCUT2D eigenvalue weighted by Gasteiger charge is -2.26. The predicted octanol–water partition coefficient (Wildman–Crippen LogP) is 2.00. The number of halogens is 1. The van der Waals surface area contributed by atoms with E-state index in [1.54, 1.807) is 0 Å². The van der Waals surface area contributed by atoms with Crippen molar-refractivity contribution in [3.05, 3.63) is 18.0 Å². The second-order valence-corrected chi connectivity index (χ2v) is 7.17. The van der Waals surface area contributed by atoms with Crippen LogP contribution < -0.4 is 10.5 Å². The Balaban J connectivity index is 0.00000264. The van der Waals surface area contributed by atoms with Crippen LogP contribution in [-0.2, 0) is 16.4 Å². The highest BCUT2D eigenvalue weighted by Crippen LogP contribution is 2.21. The third-order valence-corrected chi connectivity index (χ3v) is 5.42. The van der Waals surface area contributed by atoms with Crippen LogP contribution in [0.4, 0.5) is 0 Å².